The predicted molar refractivity (Wildman–Crippen MR) is 40.3 cm³/mol. The van der Waals surface area contributed by atoms with Gasteiger partial charge in [0.25, 0.3) is 0 Å². The summed E-state index contributed by atoms with van der Waals surface area (Å²) < 4.78 is 18.2. The summed E-state index contributed by atoms with van der Waals surface area (Å²) in [5.74, 6) is 0. The second kappa shape index (κ2) is 2.42. The van der Waals surface area contributed by atoms with Crippen LogP contribution in [0.1, 0.15) is 0 Å². The van der Waals surface area contributed by atoms with E-state index in [0.29, 0.717) is 4.90 Å². The van der Waals surface area contributed by atoms with Gasteiger partial charge >= 0.3 is 0 Å². The smallest absolute Gasteiger partial charge is 0.0697 e. The number of hydrogen-bond acceptors (Lipinski definition) is 2. The van der Waals surface area contributed by atoms with E-state index in [1.807, 2.05) is 0 Å². The summed E-state index contributed by atoms with van der Waals surface area (Å²) in [6, 6.07) is 9.47. The second-order valence-electron chi connectivity index (χ2n) is 2.08. The van der Waals surface area contributed by atoms with Crippen molar-refractivity contribution >= 4 is 9.73 Å². The zero-order chi connectivity index (χ0) is 7.61. The third-order valence-corrected chi connectivity index (χ3v) is 2.28. The van der Waals surface area contributed by atoms with Crippen LogP contribution in [0.3, 0.4) is 0 Å². The predicted octanol–water partition coefficient (Wildman–Crippen LogP) is 1.52. The number of rotatable bonds is 1. The minimum absolute atomic E-state index is 0.537. The van der Waals surface area contributed by atoms with Gasteiger partial charge in [0.15, 0.2) is 0 Å². The largest absolute Gasteiger partial charge is 0.249 e. The molecule has 1 N–H and O–H groups in total. The summed E-state index contributed by atoms with van der Waals surface area (Å²) >= 11 is 0. The Morgan fingerprint density at radius 2 is 2.40 bits per heavy atom. The molecule has 2 nitrogen and oxygen atoms in total. The Kier molecular flexibility index (Phi) is 1.76. The lowest BCUT2D eigenvalue weighted by molar-refractivity contribution is 0.679. The molecule has 0 aliphatic carbocycles. The molecule has 10 heavy (non-hydrogen) atoms. The standard InChI is InChI=1S/C7H8NOS/c1-10(8,9)7-5-3-2-4-6-7/h2-3,5-6,8H,1H3. The first-order valence-electron chi connectivity index (χ1n) is 2.80. The first-order valence-corrected chi connectivity index (χ1v) is 4.77. The van der Waals surface area contributed by atoms with Gasteiger partial charge in [0, 0.05) is 11.2 Å². The highest BCUT2D eigenvalue weighted by Crippen LogP contribution is 2.06. The molecular weight excluding hydrogens is 146 g/mol. The van der Waals surface area contributed by atoms with Crippen LogP contribution in [-0.4, -0.2) is 10.5 Å². The normalized spacial score (nSPS) is 16.1. The van der Waals surface area contributed by atoms with Gasteiger partial charge in [-0.05, 0) is 18.2 Å². The van der Waals surface area contributed by atoms with Crippen LogP contribution in [0.4, 0.5) is 0 Å². The van der Waals surface area contributed by atoms with E-state index < -0.39 is 9.73 Å². The van der Waals surface area contributed by atoms with E-state index in [0.717, 1.165) is 0 Å². The van der Waals surface area contributed by atoms with Crippen molar-refractivity contribution in [1.29, 1.82) is 4.78 Å². The summed E-state index contributed by atoms with van der Waals surface area (Å²) in [5, 5.41) is 0. The Hall–Kier alpha value is -0.830. The van der Waals surface area contributed by atoms with Crippen LogP contribution in [0.15, 0.2) is 29.2 Å². The fourth-order valence-electron chi connectivity index (χ4n) is 0.619. The highest BCUT2D eigenvalue weighted by atomic mass is 32.2. The molecule has 0 bridgehead atoms. The van der Waals surface area contributed by atoms with Crippen LogP contribution < -0.4 is 0 Å². The molecule has 0 fully saturated rings. The van der Waals surface area contributed by atoms with E-state index in [4.69, 9.17) is 4.78 Å². The highest BCUT2D eigenvalue weighted by Gasteiger charge is 1.98. The quantitative estimate of drug-likeness (QED) is 0.654. The maximum atomic E-state index is 11.0. The molecule has 1 atom stereocenters. The van der Waals surface area contributed by atoms with Crippen LogP contribution in [0.5, 0.6) is 0 Å². The molecule has 3 heteroatoms. The van der Waals surface area contributed by atoms with Crippen LogP contribution in [0, 0.1) is 10.8 Å². The van der Waals surface area contributed by atoms with E-state index in [9.17, 15) is 4.21 Å². The Morgan fingerprint density at radius 3 is 2.70 bits per heavy atom. The van der Waals surface area contributed by atoms with Crippen molar-refractivity contribution in [2.24, 2.45) is 0 Å². The van der Waals surface area contributed by atoms with Crippen LogP contribution in [0.2, 0.25) is 0 Å². The van der Waals surface area contributed by atoms with Crippen LogP contribution >= 0.6 is 0 Å². The lowest BCUT2D eigenvalue weighted by Gasteiger charge is -1.97. The van der Waals surface area contributed by atoms with Gasteiger partial charge in [0.1, 0.15) is 0 Å². The minimum atomic E-state index is -2.53. The molecule has 1 rings (SSSR count). The maximum absolute atomic E-state index is 11.0. The molecule has 53 valence electrons. The average Bonchev–Trinajstić information content (AvgIpc) is 1.88. The molecule has 1 aromatic carbocycles. The summed E-state index contributed by atoms with van der Waals surface area (Å²) in [4.78, 5) is 0.537. The van der Waals surface area contributed by atoms with Gasteiger partial charge in [-0.3, -0.25) is 0 Å². The van der Waals surface area contributed by atoms with E-state index in [-0.39, 0.29) is 0 Å². The molecule has 0 heterocycles. The average molecular weight is 154 g/mol. The molecule has 0 saturated carbocycles. The topological polar surface area (TPSA) is 40.9 Å². The maximum Gasteiger partial charge on any atom is 0.0697 e. The molecule has 1 radical (unpaired) electrons. The van der Waals surface area contributed by atoms with Gasteiger partial charge in [-0.15, -0.1) is 0 Å². The van der Waals surface area contributed by atoms with Crippen LogP contribution in [0.25, 0.3) is 0 Å². The monoisotopic (exact) mass is 154 g/mol. The fourth-order valence-corrected chi connectivity index (χ4v) is 1.25. The molecule has 0 amide bonds. The molecule has 0 aliphatic rings. The van der Waals surface area contributed by atoms with Crippen molar-refractivity contribution in [2.45, 2.75) is 4.90 Å². The minimum Gasteiger partial charge on any atom is -0.249 e. The number of nitrogens with one attached hydrogen (secondary N) is 1. The van der Waals surface area contributed by atoms with Gasteiger partial charge in [0.2, 0.25) is 0 Å². The van der Waals surface area contributed by atoms with Crippen molar-refractivity contribution in [3.8, 4) is 0 Å². The van der Waals surface area contributed by atoms with Crippen molar-refractivity contribution < 1.29 is 4.21 Å². The summed E-state index contributed by atoms with van der Waals surface area (Å²) in [6.45, 7) is 0. The van der Waals surface area contributed by atoms with Gasteiger partial charge in [-0.25, -0.2) is 8.99 Å². The van der Waals surface area contributed by atoms with Crippen LogP contribution in [-0.2, 0) is 9.73 Å². The highest BCUT2D eigenvalue weighted by molar-refractivity contribution is 7.91. The summed E-state index contributed by atoms with van der Waals surface area (Å²) in [7, 11) is -2.53. The number of benzene rings is 1. The Morgan fingerprint density at radius 1 is 1.70 bits per heavy atom. The van der Waals surface area contributed by atoms with Crippen molar-refractivity contribution in [2.75, 3.05) is 6.26 Å². The molecule has 0 spiro atoms. The third-order valence-electron chi connectivity index (χ3n) is 1.13. The lowest BCUT2D eigenvalue weighted by Crippen LogP contribution is -1.92. The molecule has 0 saturated heterocycles. The molecule has 0 aliphatic heterocycles. The second-order valence-corrected chi connectivity index (χ2v) is 4.24. The molecule has 0 aromatic heterocycles. The van der Waals surface area contributed by atoms with Gasteiger partial charge < -0.3 is 0 Å². The Balaban J connectivity index is 3.22. The Labute approximate surface area is 60.9 Å². The fraction of sp³-hybridized carbons (Fsp3) is 0.143. The van der Waals surface area contributed by atoms with E-state index in [1.54, 1.807) is 24.3 Å². The Bertz CT molecular complexity index is 302. The molecule has 1 aromatic rings. The lowest BCUT2D eigenvalue weighted by atomic mass is 10.4. The number of hydrogen-bond donors (Lipinski definition) is 1. The summed E-state index contributed by atoms with van der Waals surface area (Å²) in [6.07, 6.45) is 1.40. The van der Waals surface area contributed by atoms with E-state index in [1.165, 1.54) is 6.26 Å². The first kappa shape index (κ1) is 7.28. The zero-order valence-corrected chi connectivity index (χ0v) is 6.44. The van der Waals surface area contributed by atoms with Gasteiger partial charge in [0.05, 0.1) is 9.73 Å². The van der Waals surface area contributed by atoms with Crippen molar-refractivity contribution in [1.82, 2.24) is 0 Å². The van der Waals surface area contributed by atoms with Gasteiger partial charge in [-0.2, -0.15) is 0 Å². The van der Waals surface area contributed by atoms with Crippen molar-refractivity contribution in [3.05, 3.63) is 30.3 Å². The summed E-state index contributed by atoms with van der Waals surface area (Å²) in [5.41, 5.74) is 0. The van der Waals surface area contributed by atoms with E-state index >= 15 is 0 Å². The molecule has 1 unspecified atom stereocenters. The first-order chi connectivity index (χ1) is 4.61. The van der Waals surface area contributed by atoms with E-state index in [2.05, 4.69) is 6.07 Å². The third kappa shape index (κ3) is 1.57. The van der Waals surface area contributed by atoms with Gasteiger partial charge in [-0.1, -0.05) is 12.1 Å². The van der Waals surface area contributed by atoms with Crippen molar-refractivity contribution in [3.63, 3.8) is 0 Å². The SMILES string of the molecule is CS(=N)(=O)c1c[c]ccc1. The molecular formula is C7H8NOS. The zero-order valence-electron chi connectivity index (χ0n) is 5.63.